The molecule has 0 aliphatic carbocycles. The Morgan fingerprint density at radius 3 is 2.00 bits per heavy atom. The van der Waals surface area contributed by atoms with E-state index in [2.05, 4.69) is 10.2 Å². The van der Waals surface area contributed by atoms with Crippen LogP contribution in [0.3, 0.4) is 0 Å². The molecule has 1 amide bonds. The molecular weight excluding hydrogens is 496 g/mol. The van der Waals surface area contributed by atoms with Crippen LogP contribution in [0.25, 0.3) is 5.69 Å². The Bertz CT molecular complexity index is 1620. The Labute approximate surface area is 214 Å². The molecule has 0 radical (unpaired) electrons. The smallest absolute Gasteiger partial charge is 0.275 e. The maximum Gasteiger partial charge on any atom is 0.275 e. The number of carbonyl (C=O) groups is 1. The van der Waals surface area contributed by atoms with Crippen molar-refractivity contribution < 1.29 is 18.5 Å². The first-order chi connectivity index (χ1) is 18.2. The fourth-order valence-corrected chi connectivity index (χ4v) is 4.76. The van der Waals surface area contributed by atoms with Crippen molar-refractivity contribution in [2.75, 3.05) is 5.01 Å². The van der Waals surface area contributed by atoms with Gasteiger partial charge in [-0.15, -0.1) is 0 Å². The number of aromatic amines is 1. The van der Waals surface area contributed by atoms with Gasteiger partial charge < -0.3 is 0 Å². The fourth-order valence-electron chi connectivity index (χ4n) is 4.76. The van der Waals surface area contributed by atoms with Crippen LogP contribution in [-0.4, -0.2) is 26.3 Å². The van der Waals surface area contributed by atoms with Crippen LogP contribution in [0, 0.1) is 34.6 Å². The minimum Gasteiger partial charge on any atom is -0.295 e. The van der Waals surface area contributed by atoms with E-state index in [1.807, 2.05) is 0 Å². The van der Waals surface area contributed by atoms with E-state index in [0.717, 1.165) is 0 Å². The molecule has 0 saturated carbocycles. The van der Waals surface area contributed by atoms with Gasteiger partial charge in [0.15, 0.2) is 0 Å². The summed E-state index contributed by atoms with van der Waals surface area (Å²) in [6, 6.07) is 16.3. The molecular formula is C27H21F2N5O4. The van der Waals surface area contributed by atoms with Gasteiger partial charge in [-0.3, -0.25) is 24.8 Å². The Morgan fingerprint density at radius 1 is 0.895 bits per heavy atom. The van der Waals surface area contributed by atoms with Crippen molar-refractivity contribution in [3.05, 3.63) is 122 Å². The number of halogens is 2. The summed E-state index contributed by atoms with van der Waals surface area (Å²) in [5.74, 6) is -3.15. The summed E-state index contributed by atoms with van der Waals surface area (Å²) in [5, 5.41) is 19.8. The Hall–Kier alpha value is -4.93. The molecule has 1 N–H and O–H groups in total. The van der Waals surface area contributed by atoms with Crippen LogP contribution in [0.15, 0.2) is 82.7 Å². The summed E-state index contributed by atoms with van der Waals surface area (Å²) < 4.78 is 28.2. The molecule has 0 spiro atoms. The minimum absolute atomic E-state index is 0.141. The van der Waals surface area contributed by atoms with Gasteiger partial charge >= 0.3 is 0 Å². The number of nitro groups is 1. The number of carbonyl (C=O) groups excluding carboxylic acids is 1. The number of rotatable bonds is 6. The van der Waals surface area contributed by atoms with Crippen molar-refractivity contribution in [2.45, 2.75) is 19.8 Å². The third-order valence-electron chi connectivity index (χ3n) is 6.56. The molecule has 192 valence electrons. The first kappa shape index (κ1) is 24.8. The topological polar surface area (TPSA) is 114 Å². The predicted octanol–water partition coefficient (Wildman–Crippen LogP) is 4.83. The van der Waals surface area contributed by atoms with Crippen LogP contribution in [0.1, 0.15) is 29.7 Å². The number of aromatic nitrogens is 2. The van der Waals surface area contributed by atoms with E-state index in [-0.39, 0.29) is 11.3 Å². The number of anilines is 1. The van der Waals surface area contributed by atoms with E-state index in [1.54, 1.807) is 13.8 Å². The number of aryl methyl sites for hydroxylation is 1. The maximum absolute atomic E-state index is 13.8. The first-order valence-corrected chi connectivity index (χ1v) is 11.6. The van der Waals surface area contributed by atoms with Gasteiger partial charge in [-0.25, -0.2) is 18.5 Å². The predicted molar refractivity (Wildman–Crippen MR) is 137 cm³/mol. The fraction of sp³-hybridized carbons (Fsp3) is 0.148. The second-order valence-corrected chi connectivity index (χ2v) is 8.94. The zero-order valence-corrected chi connectivity index (χ0v) is 20.3. The highest BCUT2D eigenvalue weighted by atomic mass is 19.1. The van der Waals surface area contributed by atoms with E-state index >= 15 is 0 Å². The summed E-state index contributed by atoms with van der Waals surface area (Å²) in [6.45, 7) is 3.34. The SMILES string of the molecule is CC1=NN(c2ccc(F)cc2)C(=O)[C@H]1[C@@H](c1ccc([N+](=O)[O-])cc1)c1c(C)[nH]n(-c2ccc(F)cc2)c1=O. The lowest BCUT2D eigenvalue weighted by Crippen LogP contribution is -2.34. The molecule has 1 aliphatic rings. The quantitative estimate of drug-likeness (QED) is 0.291. The van der Waals surface area contributed by atoms with Crippen molar-refractivity contribution in [1.82, 2.24) is 9.78 Å². The molecule has 0 bridgehead atoms. The van der Waals surface area contributed by atoms with Crippen LogP contribution < -0.4 is 10.6 Å². The average Bonchev–Trinajstić information content (AvgIpc) is 3.36. The van der Waals surface area contributed by atoms with Crippen molar-refractivity contribution in [3.63, 3.8) is 0 Å². The number of nitrogens with zero attached hydrogens (tertiary/aromatic N) is 4. The number of H-pyrrole nitrogens is 1. The van der Waals surface area contributed by atoms with Gasteiger partial charge in [0.2, 0.25) is 0 Å². The molecule has 1 aromatic heterocycles. The molecule has 1 aliphatic heterocycles. The lowest BCUT2D eigenvalue weighted by Gasteiger charge is -2.23. The number of hydrogen-bond donors (Lipinski definition) is 1. The molecule has 9 nitrogen and oxygen atoms in total. The van der Waals surface area contributed by atoms with E-state index in [4.69, 9.17) is 0 Å². The third kappa shape index (κ3) is 4.27. The van der Waals surface area contributed by atoms with Gasteiger partial charge in [-0.2, -0.15) is 5.10 Å². The summed E-state index contributed by atoms with van der Waals surface area (Å²) in [7, 11) is 0. The largest absolute Gasteiger partial charge is 0.295 e. The Balaban J connectivity index is 1.65. The lowest BCUT2D eigenvalue weighted by molar-refractivity contribution is -0.384. The standard InChI is InChI=1S/C27H21F2N5O4/c1-15-23(26(35)32(30-15)20-11-5-18(28)6-12-20)25(17-3-9-22(10-4-17)34(37)38)24-16(2)31-33(27(24)36)21-13-7-19(29)8-14-21/h3-14,23,25,31H,1-2H3/t23-,25-/m1/s1. The lowest BCUT2D eigenvalue weighted by atomic mass is 9.78. The van der Waals surface area contributed by atoms with Crippen LogP contribution >= 0.6 is 0 Å². The molecule has 38 heavy (non-hydrogen) atoms. The number of hydrogen-bond acceptors (Lipinski definition) is 5. The molecule has 11 heteroatoms. The van der Waals surface area contributed by atoms with Gasteiger partial charge in [0.1, 0.15) is 11.6 Å². The number of nitro benzene ring substituents is 1. The zero-order chi connectivity index (χ0) is 27.1. The minimum atomic E-state index is -0.926. The molecule has 5 rings (SSSR count). The summed E-state index contributed by atoms with van der Waals surface area (Å²) in [4.78, 5) is 38.2. The molecule has 3 aromatic carbocycles. The number of benzene rings is 3. The summed E-state index contributed by atoms with van der Waals surface area (Å²) >= 11 is 0. The van der Waals surface area contributed by atoms with Gasteiger partial charge in [0.25, 0.3) is 17.2 Å². The highest BCUT2D eigenvalue weighted by molar-refractivity contribution is 6.15. The average molecular weight is 517 g/mol. The van der Waals surface area contributed by atoms with Gasteiger partial charge in [0.05, 0.1) is 22.2 Å². The van der Waals surface area contributed by atoms with Crippen molar-refractivity contribution in [3.8, 4) is 5.69 Å². The molecule has 0 saturated heterocycles. The van der Waals surface area contributed by atoms with Crippen molar-refractivity contribution in [1.29, 1.82) is 0 Å². The van der Waals surface area contributed by atoms with Crippen LogP contribution in [0.4, 0.5) is 20.2 Å². The number of nitrogens with one attached hydrogen (secondary N) is 1. The van der Waals surface area contributed by atoms with Crippen LogP contribution in [0.2, 0.25) is 0 Å². The third-order valence-corrected chi connectivity index (χ3v) is 6.56. The molecule has 2 heterocycles. The van der Waals surface area contributed by atoms with Crippen LogP contribution in [-0.2, 0) is 4.79 Å². The number of amides is 1. The molecule has 0 unspecified atom stereocenters. The summed E-state index contributed by atoms with van der Waals surface area (Å²) in [5.41, 5.74) is 1.78. The van der Waals surface area contributed by atoms with Crippen molar-refractivity contribution in [2.24, 2.45) is 11.0 Å². The van der Waals surface area contributed by atoms with Gasteiger partial charge in [0, 0.05) is 35.0 Å². The maximum atomic E-state index is 13.8. The normalized spacial score (nSPS) is 16.0. The number of non-ortho nitro benzene ring substituents is 1. The van der Waals surface area contributed by atoms with E-state index < -0.39 is 39.9 Å². The van der Waals surface area contributed by atoms with E-state index in [9.17, 15) is 28.5 Å². The second-order valence-electron chi connectivity index (χ2n) is 8.94. The highest BCUT2D eigenvalue weighted by Crippen LogP contribution is 2.39. The van der Waals surface area contributed by atoms with Crippen molar-refractivity contribution >= 4 is 23.0 Å². The van der Waals surface area contributed by atoms with Gasteiger partial charge in [-0.1, -0.05) is 12.1 Å². The zero-order valence-electron chi connectivity index (χ0n) is 20.3. The number of hydrazone groups is 1. The van der Waals surface area contributed by atoms with Crippen LogP contribution in [0.5, 0.6) is 0 Å². The van der Waals surface area contributed by atoms with Gasteiger partial charge in [-0.05, 0) is 67.9 Å². The highest BCUT2D eigenvalue weighted by Gasteiger charge is 2.43. The molecule has 0 fully saturated rings. The first-order valence-electron chi connectivity index (χ1n) is 11.6. The second kappa shape index (κ2) is 9.51. The summed E-state index contributed by atoms with van der Waals surface area (Å²) in [6.07, 6.45) is 0. The Kier molecular flexibility index (Phi) is 6.19. The Morgan fingerprint density at radius 2 is 1.45 bits per heavy atom. The monoisotopic (exact) mass is 517 g/mol. The van der Waals surface area contributed by atoms with E-state index in [1.165, 1.54) is 82.5 Å². The van der Waals surface area contributed by atoms with E-state index in [0.29, 0.717) is 28.3 Å². The molecule has 2 atom stereocenters. The molecule has 4 aromatic rings.